The van der Waals surface area contributed by atoms with Gasteiger partial charge in [0.1, 0.15) is 5.82 Å². The number of carbonyl (C=O) groups is 2. The van der Waals surface area contributed by atoms with Crippen molar-refractivity contribution < 1.29 is 18.5 Å². The van der Waals surface area contributed by atoms with Gasteiger partial charge in [-0.2, -0.15) is 0 Å². The molecule has 36 heavy (non-hydrogen) atoms. The van der Waals surface area contributed by atoms with E-state index in [2.05, 4.69) is 10.1 Å². The summed E-state index contributed by atoms with van der Waals surface area (Å²) in [6, 6.07) is 4.68. The zero-order valence-electron chi connectivity index (χ0n) is 20.9. The third kappa shape index (κ3) is 3.72. The van der Waals surface area contributed by atoms with E-state index in [1.54, 1.807) is 11.0 Å². The van der Waals surface area contributed by atoms with Crippen molar-refractivity contribution in [1.82, 2.24) is 15.0 Å². The second-order valence-electron chi connectivity index (χ2n) is 12.3. The van der Waals surface area contributed by atoms with Crippen molar-refractivity contribution in [1.29, 1.82) is 0 Å². The van der Waals surface area contributed by atoms with Crippen LogP contribution in [0.25, 0.3) is 11.0 Å². The van der Waals surface area contributed by atoms with E-state index in [0.717, 1.165) is 69.2 Å². The molecule has 6 atom stereocenters. The minimum Gasteiger partial charge on any atom is -0.356 e. The van der Waals surface area contributed by atoms with E-state index >= 15 is 0 Å². The molecule has 4 unspecified atom stereocenters. The van der Waals surface area contributed by atoms with Gasteiger partial charge in [-0.15, -0.1) is 0 Å². The molecule has 0 radical (unpaired) electrons. The summed E-state index contributed by atoms with van der Waals surface area (Å²) >= 11 is 0. The Morgan fingerprint density at radius 1 is 0.889 bits per heavy atom. The van der Waals surface area contributed by atoms with Crippen LogP contribution in [0.4, 0.5) is 4.39 Å². The summed E-state index contributed by atoms with van der Waals surface area (Å²) in [6.45, 7) is 3.72. The first-order valence-electron chi connectivity index (χ1n) is 14.2. The van der Waals surface area contributed by atoms with Crippen molar-refractivity contribution in [2.24, 2.45) is 35.5 Å². The maximum Gasteiger partial charge on any atom is 0.233 e. The number of rotatable bonds is 5. The fourth-order valence-electron chi connectivity index (χ4n) is 8.60. The highest BCUT2D eigenvalue weighted by atomic mass is 19.1. The average molecular weight is 494 g/mol. The molecule has 7 rings (SSSR count). The van der Waals surface area contributed by atoms with Crippen LogP contribution in [0.15, 0.2) is 22.7 Å². The van der Waals surface area contributed by atoms with Gasteiger partial charge in [0.05, 0.1) is 17.5 Å². The van der Waals surface area contributed by atoms with Crippen LogP contribution in [0, 0.1) is 41.3 Å². The molecule has 3 heterocycles. The lowest BCUT2D eigenvalue weighted by molar-refractivity contribution is -0.142. The highest BCUT2D eigenvalue weighted by molar-refractivity contribution is 6.06. The van der Waals surface area contributed by atoms with Gasteiger partial charge in [-0.1, -0.05) is 18.0 Å². The van der Waals surface area contributed by atoms with Crippen molar-refractivity contribution in [2.75, 3.05) is 26.2 Å². The second kappa shape index (κ2) is 8.93. The Bertz CT molecular complexity index is 1140. The van der Waals surface area contributed by atoms with Crippen molar-refractivity contribution in [3.05, 3.63) is 29.7 Å². The number of hydrogen-bond donors (Lipinski definition) is 0. The van der Waals surface area contributed by atoms with Gasteiger partial charge in [0.15, 0.2) is 5.58 Å². The van der Waals surface area contributed by atoms with E-state index in [4.69, 9.17) is 4.52 Å². The van der Waals surface area contributed by atoms with Crippen molar-refractivity contribution in [3.63, 3.8) is 0 Å². The first kappa shape index (κ1) is 22.9. The maximum absolute atomic E-state index is 13.5. The number of halogens is 1. The molecule has 3 aliphatic carbocycles. The van der Waals surface area contributed by atoms with Gasteiger partial charge >= 0.3 is 0 Å². The van der Waals surface area contributed by atoms with Crippen LogP contribution >= 0.6 is 0 Å². The van der Waals surface area contributed by atoms with E-state index in [9.17, 15) is 14.0 Å². The smallest absolute Gasteiger partial charge is 0.233 e. The summed E-state index contributed by atoms with van der Waals surface area (Å²) in [5.74, 6) is 2.25. The minimum absolute atomic E-state index is 0.00132. The minimum atomic E-state index is -0.296. The first-order valence-corrected chi connectivity index (χ1v) is 14.2. The summed E-state index contributed by atoms with van der Waals surface area (Å²) in [7, 11) is 0. The first-order chi connectivity index (χ1) is 17.6. The van der Waals surface area contributed by atoms with Crippen LogP contribution in [-0.2, 0) is 9.59 Å². The molecular weight excluding hydrogens is 457 g/mol. The Labute approximate surface area is 211 Å². The van der Waals surface area contributed by atoms with Gasteiger partial charge < -0.3 is 9.42 Å². The molecule has 5 aliphatic rings. The Balaban J connectivity index is 0.984. The third-order valence-corrected chi connectivity index (χ3v) is 10.4. The molecule has 0 N–H and O–H groups in total. The number of benzene rings is 1. The van der Waals surface area contributed by atoms with Crippen molar-refractivity contribution in [2.45, 2.75) is 63.7 Å². The molecule has 7 heteroatoms. The lowest BCUT2D eigenvalue weighted by Gasteiger charge is -2.39. The van der Waals surface area contributed by atoms with Crippen LogP contribution in [0.2, 0.25) is 0 Å². The van der Waals surface area contributed by atoms with Gasteiger partial charge in [0.2, 0.25) is 11.8 Å². The summed E-state index contributed by atoms with van der Waals surface area (Å²) in [5.41, 5.74) is 1.49. The summed E-state index contributed by atoms with van der Waals surface area (Å²) in [6.07, 6.45) is 10.2. The Morgan fingerprint density at radius 3 is 2.25 bits per heavy atom. The van der Waals surface area contributed by atoms with E-state index in [-0.39, 0.29) is 29.5 Å². The lowest BCUT2D eigenvalue weighted by atomic mass is 9.78. The number of amides is 2. The zero-order valence-corrected chi connectivity index (χ0v) is 20.9. The van der Waals surface area contributed by atoms with Crippen LogP contribution in [0.5, 0.6) is 0 Å². The third-order valence-electron chi connectivity index (χ3n) is 10.4. The Kier molecular flexibility index (Phi) is 5.68. The molecule has 5 fully saturated rings. The molecule has 2 bridgehead atoms. The maximum atomic E-state index is 13.5. The molecule has 1 aromatic heterocycles. The number of likely N-dealkylation sites (tertiary alicyclic amines) is 2. The number of nitrogens with zero attached hydrogens (tertiary/aromatic N) is 3. The molecule has 2 aromatic rings. The quantitative estimate of drug-likeness (QED) is 0.550. The molecular formula is C29H36FN3O3. The molecule has 2 saturated heterocycles. The fraction of sp³-hybridized carbons (Fsp3) is 0.690. The summed E-state index contributed by atoms with van der Waals surface area (Å²) < 4.78 is 18.9. The van der Waals surface area contributed by atoms with Gasteiger partial charge in [-0.05, 0) is 93.8 Å². The van der Waals surface area contributed by atoms with Crippen LogP contribution in [0.3, 0.4) is 0 Å². The number of aromatic nitrogens is 1. The number of piperidine rings is 1. The standard InChI is InChI=1S/C29H36FN3O3/c30-22-7-8-23-24(14-22)36-31-27(23)17-9-11-32(12-10-17)15-20-3-1-2-4-21(20)16-33-28(34)25-18-5-6-19(13-18)26(25)29(33)35/h7-8,14,17-21,25-26H,1-6,9-13,15-16H2/t18?,19?,20-,21-,25?,26?/m0/s1. The highest BCUT2D eigenvalue weighted by Gasteiger charge is 2.61. The molecule has 1 aromatic carbocycles. The topological polar surface area (TPSA) is 66.7 Å². The van der Waals surface area contributed by atoms with E-state index in [1.807, 2.05) is 0 Å². The summed E-state index contributed by atoms with van der Waals surface area (Å²) in [4.78, 5) is 30.8. The highest BCUT2D eigenvalue weighted by Crippen LogP contribution is 2.56. The number of imide groups is 1. The number of fused-ring (bicyclic) bond motifs is 6. The lowest BCUT2D eigenvalue weighted by Crippen LogP contribution is -2.44. The molecule has 3 saturated carbocycles. The number of carbonyl (C=O) groups excluding carboxylic acids is 2. The SMILES string of the molecule is O=C1C2C3CCC(C3)C2C(=O)N1C[C@@H]1CCCC[C@H]1CN1CCC(c2noc3cc(F)ccc23)CC1. The number of hydrogen-bond acceptors (Lipinski definition) is 5. The predicted octanol–water partition coefficient (Wildman–Crippen LogP) is 4.98. The largest absolute Gasteiger partial charge is 0.356 e. The molecule has 192 valence electrons. The molecule has 2 amide bonds. The normalized spacial score (nSPS) is 35.3. The van der Waals surface area contributed by atoms with Crippen molar-refractivity contribution in [3.8, 4) is 0 Å². The fourth-order valence-corrected chi connectivity index (χ4v) is 8.60. The summed E-state index contributed by atoms with van der Waals surface area (Å²) in [5, 5.41) is 5.22. The monoisotopic (exact) mass is 493 g/mol. The van der Waals surface area contributed by atoms with Gasteiger partial charge in [-0.25, -0.2) is 4.39 Å². The zero-order chi connectivity index (χ0) is 24.4. The van der Waals surface area contributed by atoms with Gasteiger partial charge in [0.25, 0.3) is 0 Å². The van der Waals surface area contributed by atoms with E-state index in [0.29, 0.717) is 41.7 Å². The molecule has 6 nitrogen and oxygen atoms in total. The van der Waals surface area contributed by atoms with E-state index in [1.165, 1.54) is 31.4 Å². The second-order valence-corrected chi connectivity index (χ2v) is 12.3. The van der Waals surface area contributed by atoms with Gasteiger partial charge in [-0.3, -0.25) is 14.5 Å². The Morgan fingerprint density at radius 2 is 1.56 bits per heavy atom. The van der Waals surface area contributed by atoms with Crippen molar-refractivity contribution >= 4 is 22.8 Å². The van der Waals surface area contributed by atoms with Gasteiger partial charge in [0, 0.05) is 30.5 Å². The Hall–Kier alpha value is -2.28. The van der Waals surface area contributed by atoms with Crippen LogP contribution in [-0.4, -0.2) is 52.9 Å². The average Bonchev–Trinajstić information content (AvgIpc) is 3.66. The van der Waals surface area contributed by atoms with Crippen LogP contribution in [0.1, 0.15) is 69.4 Å². The molecule has 0 spiro atoms. The van der Waals surface area contributed by atoms with Crippen LogP contribution < -0.4 is 0 Å². The predicted molar refractivity (Wildman–Crippen MR) is 132 cm³/mol. The van der Waals surface area contributed by atoms with E-state index < -0.39 is 0 Å². The molecule has 2 aliphatic heterocycles.